The van der Waals surface area contributed by atoms with Crippen LogP contribution in [0.15, 0.2) is 0 Å². The van der Waals surface area contributed by atoms with Gasteiger partial charge >= 0.3 is 12.1 Å². The van der Waals surface area contributed by atoms with Gasteiger partial charge in [-0.3, -0.25) is 9.59 Å². The van der Waals surface area contributed by atoms with E-state index in [2.05, 4.69) is 5.32 Å². The molecule has 0 aromatic rings. The first-order valence-electron chi connectivity index (χ1n) is 7.69. The van der Waals surface area contributed by atoms with E-state index in [0.29, 0.717) is 13.1 Å². The summed E-state index contributed by atoms with van der Waals surface area (Å²) in [4.78, 5) is 36.9. The minimum Gasteiger partial charge on any atom is -0.481 e. The number of alkyl carbamates (subject to hydrolysis) is 1. The Bertz CT molecular complexity index is 409. The number of nitrogens with one attached hydrogen (secondary N) is 1. The molecule has 7 nitrogen and oxygen atoms in total. The van der Waals surface area contributed by atoms with Crippen molar-refractivity contribution in [2.24, 2.45) is 0 Å². The lowest BCUT2D eigenvalue weighted by molar-refractivity contribution is -0.142. The van der Waals surface area contributed by atoms with E-state index in [1.165, 1.54) is 0 Å². The standard InChI is InChI=1S/C15H26N2O5/c1-15(2,3)22-14(21)16-11(10-12(18)19)13(20)17-8-6-4-5-7-9-17/h11H,4-10H2,1-3H3,(H,16,21)(H,18,19)/t11-/m0/s1. The van der Waals surface area contributed by atoms with Gasteiger partial charge in [0.05, 0.1) is 6.42 Å². The van der Waals surface area contributed by atoms with Crippen molar-refractivity contribution in [3.8, 4) is 0 Å². The number of nitrogens with zero attached hydrogens (tertiary/aromatic N) is 1. The summed E-state index contributed by atoms with van der Waals surface area (Å²) in [6.45, 7) is 6.32. The van der Waals surface area contributed by atoms with Crippen molar-refractivity contribution < 1.29 is 24.2 Å². The average Bonchev–Trinajstić information content (AvgIpc) is 2.62. The van der Waals surface area contributed by atoms with Crippen molar-refractivity contribution in [1.29, 1.82) is 0 Å². The molecule has 0 aromatic carbocycles. The highest BCUT2D eigenvalue weighted by atomic mass is 16.6. The molecule has 1 heterocycles. The predicted octanol–water partition coefficient (Wildman–Crippen LogP) is 1.76. The van der Waals surface area contributed by atoms with Gasteiger partial charge in [0, 0.05) is 13.1 Å². The van der Waals surface area contributed by atoms with Gasteiger partial charge in [0.15, 0.2) is 0 Å². The SMILES string of the molecule is CC(C)(C)OC(=O)N[C@@H](CC(=O)O)C(=O)N1CCCCCC1. The molecule has 1 atom stereocenters. The lowest BCUT2D eigenvalue weighted by atomic mass is 10.1. The highest BCUT2D eigenvalue weighted by molar-refractivity contribution is 5.89. The topological polar surface area (TPSA) is 95.9 Å². The number of aliphatic carboxylic acids is 1. The van der Waals surface area contributed by atoms with E-state index in [4.69, 9.17) is 9.84 Å². The monoisotopic (exact) mass is 314 g/mol. The van der Waals surface area contributed by atoms with Gasteiger partial charge in [0.1, 0.15) is 11.6 Å². The van der Waals surface area contributed by atoms with E-state index in [1.807, 2.05) is 0 Å². The molecule has 2 amide bonds. The molecule has 0 bridgehead atoms. The number of carboxylic acid groups (broad SMARTS) is 1. The molecule has 1 aliphatic heterocycles. The summed E-state index contributed by atoms with van der Waals surface area (Å²) in [5, 5.41) is 11.4. The second kappa shape index (κ2) is 8.00. The number of carbonyl (C=O) groups excluding carboxylic acids is 2. The molecule has 0 aromatic heterocycles. The molecule has 0 spiro atoms. The second-order valence-electron chi connectivity index (χ2n) is 6.54. The van der Waals surface area contributed by atoms with Gasteiger partial charge in [0.2, 0.25) is 5.91 Å². The lowest BCUT2D eigenvalue weighted by Gasteiger charge is -2.27. The molecule has 1 rings (SSSR count). The molecule has 1 fully saturated rings. The molecule has 126 valence electrons. The van der Waals surface area contributed by atoms with Crippen LogP contribution in [0.5, 0.6) is 0 Å². The zero-order valence-corrected chi connectivity index (χ0v) is 13.6. The number of rotatable bonds is 4. The van der Waals surface area contributed by atoms with E-state index in [-0.39, 0.29) is 5.91 Å². The van der Waals surface area contributed by atoms with E-state index >= 15 is 0 Å². The minimum absolute atomic E-state index is 0.352. The highest BCUT2D eigenvalue weighted by Crippen LogP contribution is 2.13. The molecule has 0 radical (unpaired) electrons. The summed E-state index contributed by atoms with van der Waals surface area (Å²) in [7, 11) is 0. The Morgan fingerprint density at radius 3 is 2.14 bits per heavy atom. The van der Waals surface area contributed by atoms with Gasteiger partial charge in [-0.1, -0.05) is 12.8 Å². The van der Waals surface area contributed by atoms with Crippen LogP contribution in [0.3, 0.4) is 0 Å². The fourth-order valence-electron chi connectivity index (χ4n) is 2.34. The quantitative estimate of drug-likeness (QED) is 0.824. The van der Waals surface area contributed by atoms with Crippen LogP contribution in [0, 0.1) is 0 Å². The maximum atomic E-state index is 12.5. The van der Waals surface area contributed by atoms with Crippen LogP contribution in [0.1, 0.15) is 52.9 Å². The first-order chi connectivity index (χ1) is 10.2. The summed E-state index contributed by atoms with van der Waals surface area (Å²) in [6.07, 6.45) is 2.70. The maximum Gasteiger partial charge on any atom is 0.408 e. The molecule has 0 aliphatic carbocycles. The lowest BCUT2D eigenvalue weighted by Crippen LogP contribution is -2.50. The van der Waals surface area contributed by atoms with Crippen LogP contribution in [0.25, 0.3) is 0 Å². The summed E-state index contributed by atoms with van der Waals surface area (Å²) in [6, 6.07) is -1.09. The molecule has 22 heavy (non-hydrogen) atoms. The smallest absolute Gasteiger partial charge is 0.408 e. The summed E-state index contributed by atoms with van der Waals surface area (Å²) < 4.78 is 5.10. The number of hydrogen-bond donors (Lipinski definition) is 2. The van der Waals surface area contributed by atoms with Gasteiger partial charge in [-0.15, -0.1) is 0 Å². The summed E-state index contributed by atoms with van der Waals surface area (Å²) in [5.74, 6) is -1.49. The van der Waals surface area contributed by atoms with Crippen molar-refractivity contribution >= 4 is 18.0 Å². The molecule has 0 unspecified atom stereocenters. The van der Waals surface area contributed by atoms with Crippen LogP contribution in [0.4, 0.5) is 4.79 Å². The van der Waals surface area contributed by atoms with E-state index < -0.39 is 30.1 Å². The van der Waals surface area contributed by atoms with Gasteiger partial charge in [-0.25, -0.2) is 4.79 Å². The first kappa shape index (κ1) is 18.3. The normalized spacial score (nSPS) is 17.3. The Morgan fingerprint density at radius 2 is 1.68 bits per heavy atom. The van der Waals surface area contributed by atoms with Crippen LogP contribution in [0.2, 0.25) is 0 Å². The highest BCUT2D eigenvalue weighted by Gasteiger charge is 2.30. The fourth-order valence-corrected chi connectivity index (χ4v) is 2.34. The van der Waals surface area contributed by atoms with Gasteiger partial charge in [0.25, 0.3) is 0 Å². The average molecular weight is 314 g/mol. The van der Waals surface area contributed by atoms with Crippen molar-refractivity contribution in [2.75, 3.05) is 13.1 Å². The molecule has 0 saturated carbocycles. The van der Waals surface area contributed by atoms with Gasteiger partial charge in [-0.2, -0.15) is 0 Å². The van der Waals surface area contributed by atoms with Crippen molar-refractivity contribution in [2.45, 2.75) is 64.5 Å². The van der Waals surface area contributed by atoms with E-state index in [9.17, 15) is 14.4 Å². The third kappa shape index (κ3) is 6.78. The Labute approximate surface area is 131 Å². The van der Waals surface area contributed by atoms with Crippen LogP contribution in [-0.4, -0.2) is 52.7 Å². The number of carbonyl (C=O) groups is 3. The first-order valence-corrected chi connectivity index (χ1v) is 7.69. The predicted molar refractivity (Wildman–Crippen MR) is 80.5 cm³/mol. The molecular weight excluding hydrogens is 288 g/mol. The van der Waals surface area contributed by atoms with Crippen LogP contribution >= 0.6 is 0 Å². The third-order valence-electron chi connectivity index (χ3n) is 3.29. The Balaban J connectivity index is 2.71. The van der Waals surface area contributed by atoms with Crippen molar-refractivity contribution in [3.63, 3.8) is 0 Å². The second-order valence-corrected chi connectivity index (χ2v) is 6.54. The van der Waals surface area contributed by atoms with Crippen LogP contribution in [-0.2, 0) is 14.3 Å². The van der Waals surface area contributed by atoms with Gasteiger partial charge < -0.3 is 20.1 Å². The Kier molecular flexibility index (Phi) is 6.64. The number of hydrogen-bond acceptors (Lipinski definition) is 4. The molecule has 1 aliphatic rings. The summed E-state index contributed by atoms with van der Waals surface area (Å²) >= 11 is 0. The van der Waals surface area contributed by atoms with Crippen molar-refractivity contribution in [1.82, 2.24) is 10.2 Å². The molecular formula is C15H26N2O5. The van der Waals surface area contributed by atoms with E-state index in [0.717, 1.165) is 25.7 Å². The number of carboxylic acids is 1. The number of ether oxygens (including phenoxy) is 1. The zero-order valence-electron chi connectivity index (χ0n) is 13.6. The maximum absolute atomic E-state index is 12.5. The summed E-state index contributed by atoms with van der Waals surface area (Å²) in [5.41, 5.74) is -0.705. The van der Waals surface area contributed by atoms with Crippen LogP contribution < -0.4 is 5.32 Å². The van der Waals surface area contributed by atoms with Gasteiger partial charge in [-0.05, 0) is 33.6 Å². The zero-order chi connectivity index (χ0) is 16.8. The Hall–Kier alpha value is -1.79. The molecule has 1 saturated heterocycles. The largest absolute Gasteiger partial charge is 0.481 e. The third-order valence-corrected chi connectivity index (χ3v) is 3.29. The molecule has 2 N–H and O–H groups in total. The number of amides is 2. The van der Waals surface area contributed by atoms with E-state index in [1.54, 1.807) is 25.7 Å². The molecule has 7 heteroatoms. The van der Waals surface area contributed by atoms with Crippen molar-refractivity contribution in [3.05, 3.63) is 0 Å². The minimum atomic E-state index is -1.13. The fraction of sp³-hybridized carbons (Fsp3) is 0.800. The Morgan fingerprint density at radius 1 is 1.14 bits per heavy atom. The number of likely N-dealkylation sites (tertiary alicyclic amines) is 1.